The molecule has 3 aromatic carbocycles. The molecule has 0 radical (unpaired) electrons. The minimum atomic E-state index is -0.352. The van der Waals surface area contributed by atoms with Crippen molar-refractivity contribution in [3.05, 3.63) is 119 Å². The van der Waals surface area contributed by atoms with Crippen LogP contribution in [0.25, 0.3) is 27.7 Å². The molecule has 6 nitrogen and oxygen atoms in total. The maximum absolute atomic E-state index is 13.9. The Morgan fingerprint density at radius 3 is 2.29 bits per heavy atom. The molecule has 0 atom stereocenters. The van der Waals surface area contributed by atoms with E-state index in [1.807, 2.05) is 53.9 Å². The lowest BCUT2D eigenvalue weighted by atomic mass is 10.1. The molecule has 0 saturated carbocycles. The van der Waals surface area contributed by atoms with Gasteiger partial charge in [0.1, 0.15) is 0 Å². The Kier molecular flexibility index (Phi) is 5.84. The second-order valence-electron chi connectivity index (χ2n) is 7.53. The summed E-state index contributed by atoms with van der Waals surface area (Å²) >= 11 is 1.37. The molecule has 0 saturated heterocycles. The highest BCUT2D eigenvalue weighted by atomic mass is 32.1. The molecule has 2 aromatic heterocycles. The Labute approximate surface area is 200 Å². The van der Waals surface area contributed by atoms with Crippen molar-refractivity contribution in [2.75, 3.05) is 11.4 Å². The van der Waals surface area contributed by atoms with Crippen LogP contribution in [0.2, 0.25) is 0 Å². The van der Waals surface area contributed by atoms with E-state index in [1.165, 1.54) is 16.0 Å². The number of anilines is 1. The normalized spacial score (nSPS) is 10.8. The average Bonchev–Trinajstić information content (AvgIpc) is 3.38. The van der Waals surface area contributed by atoms with Crippen molar-refractivity contribution in [3.8, 4) is 16.9 Å². The van der Waals surface area contributed by atoms with Gasteiger partial charge in [0, 0.05) is 22.9 Å². The number of amides is 1. The number of nitrogens with zero attached hydrogens (tertiary/aromatic N) is 4. The highest BCUT2D eigenvalue weighted by Crippen LogP contribution is 2.29. The number of carbonyl (C=O) groups is 1. The number of aromatic nitrogens is 3. The van der Waals surface area contributed by atoms with Crippen molar-refractivity contribution in [2.24, 2.45) is 0 Å². The molecule has 2 heterocycles. The van der Waals surface area contributed by atoms with Crippen molar-refractivity contribution in [1.82, 2.24) is 14.8 Å². The molecule has 0 unspecified atom stereocenters. The van der Waals surface area contributed by atoms with Crippen LogP contribution in [0.3, 0.4) is 0 Å². The monoisotopic (exact) mass is 464 g/mol. The number of fused-ring (bicyclic) bond motifs is 1. The lowest BCUT2D eigenvalue weighted by Gasteiger charge is -2.19. The van der Waals surface area contributed by atoms with Gasteiger partial charge >= 0.3 is 0 Å². The number of benzene rings is 3. The highest BCUT2D eigenvalue weighted by Gasteiger charge is 2.25. The van der Waals surface area contributed by atoms with E-state index in [-0.39, 0.29) is 23.7 Å². The van der Waals surface area contributed by atoms with Gasteiger partial charge in [0.25, 0.3) is 11.5 Å². The van der Waals surface area contributed by atoms with Crippen molar-refractivity contribution in [3.63, 3.8) is 0 Å². The zero-order chi connectivity index (χ0) is 23.5. The van der Waals surface area contributed by atoms with Crippen LogP contribution < -0.4 is 10.5 Å². The van der Waals surface area contributed by atoms with E-state index in [0.29, 0.717) is 21.6 Å². The fourth-order valence-corrected chi connectivity index (χ4v) is 4.57. The molecule has 5 rings (SSSR count). The molecule has 0 fully saturated rings. The largest absolute Gasteiger partial charge is 0.281 e. The van der Waals surface area contributed by atoms with E-state index in [9.17, 15) is 9.59 Å². The van der Waals surface area contributed by atoms with Gasteiger partial charge in [0.05, 0.1) is 16.8 Å². The predicted octanol–water partition coefficient (Wildman–Crippen LogP) is 5.34. The summed E-state index contributed by atoms with van der Waals surface area (Å²) in [5, 5.41) is 7.90. The fraction of sp³-hybridized carbons (Fsp3) is 0.0370. The smallest absolute Gasteiger partial charge is 0.279 e. The van der Waals surface area contributed by atoms with E-state index in [0.717, 1.165) is 11.3 Å². The average molecular weight is 465 g/mol. The molecule has 0 spiro atoms. The number of thiazole rings is 1. The summed E-state index contributed by atoms with van der Waals surface area (Å²) in [6.45, 7) is 4.07. The van der Waals surface area contributed by atoms with Crippen molar-refractivity contribution < 1.29 is 4.79 Å². The Balaban J connectivity index is 1.64. The van der Waals surface area contributed by atoms with Gasteiger partial charge in [-0.25, -0.2) is 4.98 Å². The van der Waals surface area contributed by atoms with Gasteiger partial charge in [0.2, 0.25) is 0 Å². The second kappa shape index (κ2) is 9.25. The molecule has 7 heteroatoms. The molecule has 5 aromatic rings. The van der Waals surface area contributed by atoms with Gasteiger partial charge in [-0.2, -0.15) is 9.78 Å². The molecule has 0 aliphatic carbocycles. The zero-order valence-electron chi connectivity index (χ0n) is 18.2. The molecular formula is C27H20N4O2S. The van der Waals surface area contributed by atoms with Gasteiger partial charge in [-0.3, -0.25) is 14.5 Å². The number of hydrogen-bond acceptors (Lipinski definition) is 5. The van der Waals surface area contributed by atoms with Gasteiger partial charge in [-0.1, -0.05) is 72.8 Å². The molecule has 34 heavy (non-hydrogen) atoms. The van der Waals surface area contributed by atoms with Gasteiger partial charge < -0.3 is 0 Å². The van der Waals surface area contributed by atoms with Crippen molar-refractivity contribution >= 4 is 33.1 Å². The summed E-state index contributed by atoms with van der Waals surface area (Å²) in [6, 6.07) is 25.9. The lowest BCUT2D eigenvalue weighted by molar-refractivity contribution is 0.0985. The van der Waals surface area contributed by atoms with Crippen LogP contribution >= 0.6 is 11.3 Å². The number of carbonyl (C=O) groups excluding carboxylic acids is 1. The number of hydrogen-bond donors (Lipinski definition) is 0. The van der Waals surface area contributed by atoms with Crippen molar-refractivity contribution in [2.45, 2.75) is 0 Å². The first-order valence-corrected chi connectivity index (χ1v) is 11.6. The Bertz CT molecular complexity index is 1540. The Morgan fingerprint density at radius 2 is 1.59 bits per heavy atom. The van der Waals surface area contributed by atoms with Crippen LogP contribution in [-0.2, 0) is 0 Å². The van der Waals surface area contributed by atoms with E-state index in [2.05, 4.69) is 11.7 Å². The minimum absolute atomic E-state index is 0.178. The molecule has 1 amide bonds. The van der Waals surface area contributed by atoms with Crippen LogP contribution in [0, 0.1) is 0 Å². The topological polar surface area (TPSA) is 68.1 Å². The van der Waals surface area contributed by atoms with E-state index in [1.54, 1.807) is 47.4 Å². The van der Waals surface area contributed by atoms with Gasteiger partial charge in [-0.15, -0.1) is 17.9 Å². The van der Waals surface area contributed by atoms with E-state index < -0.39 is 0 Å². The number of para-hydroxylation sites is 1. The summed E-state index contributed by atoms with van der Waals surface area (Å²) in [5.41, 5.74) is 2.24. The van der Waals surface area contributed by atoms with E-state index >= 15 is 0 Å². The first-order valence-electron chi connectivity index (χ1n) is 10.7. The summed E-state index contributed by atoms with van der Waals surface area (Å²) in [5.74, 6) is -0.352. The summed E-state index contributed by atoms with van der Waals surface area (Å²) in [7, 11) is 0. The Morgan fingerprint density at radius 1 is 0.941 bits per heavy atom. The SMILES string of the molecule is C=CCN(C(=O)c1nn(-c2ccccc2)c(=O)c2ccccc12)c1nc(-c2ccccc2)cs1. The van der Waals surface area contributed by atoms with Crippen LogP contribution in [-0.4, -0.2) is 27.2 Å². The van der Waals surface area contributed by atoms with Crippen LogP contribution in [0.15, 0.2) is 108 Å². The fourth-order valence-electron chi connectivity index (χ4n) is 3.73. The third-order valence-corrected chi connectivity index (χ3v) is 6.22. The van der Waals surface area contributed by atoms with Gasteiger partial charge in [0.15, 0.2) is 10.8 Å². The van der Waals surface area contributed by atoms with Crippen LogP contribution in [0.1, 0.15) is 10.5 Å². The Hall–Kier alpha value is -4.36. The lowest BCUT2D eigenvalue weighted by Crippen LogP contribution is -2.34. The standard InChI is InChI=1S/C27H20N4O2S/c1-2-17-30(27-28-23(18-34-27)19-11-5-3-6-12-19)26(33)24-21-15-9-10-16-22(21)25(32)31(29-24)20-13-7-4-8-14-20/h2-16,18H,1,17H2. The maximum Gasteiger partial charge on any atom is 0.281 e. The minimum Gasteiger partial charge on any atom is -0.279 e. The summed E-state index contributed by atoms with van der Waals surface area (Å²) in [6.07, 6.45) is 1.65. The van der Waals surface area contributed by atoms with Crippen LogP contribution in [0.5, 0.6) is 0 Å². The molecule has 0 aliphatic rings. The van der Waals surface area contributed by atoms with Crippen molar-refractivity contribution in [1.29, 1.82) is 0 Å². The molecule has 0 bridgehead atoms. The van der Waals surface area contributed by atoms with Gasteiger partial charge in [-0.05, 0) is 18.2 Å². The summed E-state index contributed by atoms with van der Waals surface area (Å²) in [4.78, 5) is 33.3. The van der Waals surface area contributed by atoms with Crippen LogP contribution in [0.4, 0.5) is 5.13 Å². The molecule has 0 N–H and O–H groups in total. The summed E-state index contributed by atoms with van der Waals surface area (Å²) < 4.78 is 1.28. The highest BCUT2D eigenvalue weighted by molar-refractivity contribution is 7.14. The first-order chi connectivity index (χ1) is 16.7. The van der Waals surface area contributed by atoms with E-state index in [4.69, 9.17) is 4.98 Å². The number of rotatable bonds is 6. The maximum atomic E-state index is 13.9. The molecule has 0 aliphatic heterocycles. The quantitative estimate of drug-likeness (QED) is 0.318. The molecular weight excluding hydrogens is 444 g/mol. The zero-order valence-corrected chi connectivity index (χ0v) is 19.0. The third kappa shape index (κ3) is 3.93. The second-order valence-corrected chi connectivity index (χ2v) is 8.37. The third-order valence-electron chi connectivity index (χ3n) is 5.36. The predicted molar refractivity (Wildman–Crippen MR) is 137 cm³/mol. The molecule has 166 valence electrons. The first kappa shape index (κ1) is 21.5.